The Morgan fingerprint density at radius 1 is 1.35 bits per heavy atom. The molecule has 89 valence electrons. The minimum Gasteiger partial charge on any atom is -0.540 e. The average molecular weight is 310 g/mol. The Morgan fingerprint density at radius 2 is 1.88 bits per heavy atom. The van der Waals surface area contributed by atoms with Gasteiger partial charge in [-0.25, -0.2) is 6.29 Å². The number of benzene rings is 1. The number of hydrogen-bond acceptors (Lipinski definition) is 4. The Kier molecular flexibility index (Phi) is 5.92. The van der Waals surface area contributed by atoms with Crippen LogP contribution in [0.15, 0.2) is 24.3 Å². The van der Waals surface area contributed by atoms with Crippen LogP contribution in [0.1, 0.15) is 13.8 Å². The first-order valence-corrected chi connectivity index (χ1v) is 4.76. The van der Waals surface area contributed by atoms with Crippen molar-refractivity contribution in [2.75, 3.05) is 11.9 Å². The Hall–Kier alpha value is -0.806. The molecule has 17 heavy (non-hydrogen) atoms. The van der Waals surface area contributed by atoms with Crippen molar-refractivity contribution < 1.29 is 42.4 Å². The molecule has 0 unspecified atom stereocenters. The summed E-state index contributed by atoms with van der Waals surface area (Å²) in [6, 6.07) is 6.30. The summed E-state index contributed by atoms with van der Waals surface area (Å²) in [7, 11) is 1.63. The Labute approximate surface area is 125 Å². The van der Waals surface area contributed by atoms with Crippen LogP contribution in [-0.4, -0.2) is 23.8 Å². The Morgan fingerprint density at radius 3 is 2.35 bits per heavy atom. The van der Waals surface area contributed by atoms with Gasteiger partial charge in [0, 0.05) is 45.8 Å². The molecular formula is C11H13N2O3Y-. The molecule has 0 spiro atoms. The molecule has 1 radical (unpaired) electrons. The molecular weight excluding hydrogens is 297 g/mol. The first-order chi connectivity index (χ1) is 7.40. The Bertz CT molecular complexity index is 421. The zero-order chi connectivity index (χ0) is 12.3. The summed E-state index contributed by atoms with van der Waals surface area (Å²) in [6.07, 6.45) is 1.86. The van der Waals surface area contributed by atoms with Crippen LogP contribution in [0.2, 0.25) is 0 Å². The van der Waals surface area contributed by atoms with Crippen molar-refractivity contribution >= 4 is 17.7 Å². The van der Waals surface area contributed by atoms with Crippen molar-refractivity contribution in [3.63, 3.8) is 0 Å². The maximum absolute atomic E-state index is 10.8. The third-order valence-electron chi connectivity index (χ3n) is 2.53. The van der Waals surface area contributed by atoms with Crippen molar-refractivity contribution in [2.45, 2.75) is 19.4 Å². The van der Waals surface area contributed by atoms with E-state index in [1.54, 1.807) is 39.1 Å². The fourth-order valence-electron chi connectivity index (χ4n) is 1.27. The summed E-state index contributed by atoms with van der Waals surface area (Å²) in [6.45, 7) is 3.30. The van der Waals surface area contributed by atoms with Crippen molar-refractivity contribution in [1.82, 2.24) is 0 Å². The maximum Gasteiger partial charge on any atom is 0.292 e. The number of rotatable bonds is 4. The number of para-hydroxylation sites is 2. The molecule has 0 amide bonds. The van der Waals surface area contributed by atoms with Gasteiger partial charge in [0.05, 0.1) is 4.92 Å². The van der Waals surface area contributed by atoms with Gasteiger partial charge in [-0.15, -0.1) is 0 Å². The van der Waals surface area contributed by atoms with Crippen LogP contribution < -0.4 is 4.90 Å². The Balaban J connectivity index is 0.00000256. The van der Waals surface area contributed by atoms with Crippen molar-refractivity contribution in [2.24, 2.45) is 0 Å². The van der Waals surface area contributed by atoms with Gasteiger partial charge in [-0.1, -0.05) is 31.5 Å². The van der Waals surface area contributed by atoms with E-state index in [4.69, 9.17) is 0 Å². The zero-order valence-corrected chi connectivity index (χ0v) is 12.8. The minimum absolute atomic E-state index is 0. The molecule has 6 heteroatoms. The van der Waals surface area contributed by atoms with Gasteiger partial charge in [-0.05, 0) is 6.07 Å². The predicted molar refractivity (Wildman–Crippen MR) is 61.3 cm³/mol. The third-order valence-corrected chi connectivity index (χ3v) is 2.53. The number of anilines is 1. The standard InChI is InChI=1S/C11H13N2O3.Y/c1-11(2,8-14)12(3)9-6-4-5-7-10(9)13(15)16;/h4-7H,1-3H3;/q-1;. The van der Waals surface area contributed by atoms with E-state index in [-0.39, 0.29) is 38.4 Å². The van der Waals surface area contributed by atoms with Gasteiger partial charge in [0.15, 0.2) is 0 Å². The van der Waals surface area contributed by atoms with Crippen LogP contribution in [0.5, 0.6) is 0 Å². The molecule has 0 saturated carbocycles. The van der Waals surface area contributed by atoms with Gasteiger partial charge in [0.25, 0.3) is 5.69 Å². The molecule has 0 aliphatic carbocycles. The molecule has 1 aromatic carbocycles. The van der Waals surface area contributed by atoms with E-state index >= 15 is 0 Å². The summed E-state index contributed by atoms with van der Waals surface area (Å²) in [4.78, 5) is 22.7. The molecule has 0 fully saturated rings. The second-order valence-corrected chi connectivity index (χ2v) is 3.97. The van der Waals surface area contributed by atoms with E-state index in [1.165, 1.54) is 11.0 Å². The molecule has 0 aromatic heterocycles. The van der Waals surface area contributed by atoms with Crippen molar-refractivity contribution in [3.8, 4) is 0 Å². The molecule has 1 aromatic rings. The monoisotopic (exact) mass is 310 g/mol. The van der Waals surface area contributed by atoms with E-state index < -0.39 is 10.5 Å². The number of carbonyl (C=O) groups excluding carboxylic acids is 1. The van der Waals surface area contributed by atoms with Crippen LogP contribution in [0.4, 0.5) is 11.4 Å². The fourth-order valence-corrected chi connectivity index (χ4v) is 1.27. The summed E-state index contributed by atoms with van der Waals surface area (Å²) in [5.41, 5.74) is -0.513. The molecule has 0 heterocycles. The topological polar surface area (TPSA) is 63.4 Å². The summed E-state index contributed by atoms with van der Waals surface area (Å²) in [5.74, 6) is 0. The molecule has 0 N–H and O–H groups in total. The molecule has 0 aliphatic heterocycles. The van der Waals surface area contributed by atoms with Crippen LogP contribution in [0, 0.1) is 10.1 Å². The number of hydrogen-bond donors (Lipinski definition) is 0. The van der Waals surface area contributed by atoms with E-state index in [1.807, 2.05) is 6.29 Å². The minimum atomic E-state index is -0.897. The average Bonchev–Trinajstić information content (AvgIpc) is 2.28. The van der Waals surface area contributed by atoms with Gasteiger partial charge in [0.1, 0.15) is 5.69 Å². The van der Waals surface area contributed by atoms with Gasteiger partial charge in [-0.3, -0.25) is 10.1 Å². The van der Waals surface area contributed by atoms with Crippen molar-refractivity contribution in [1.29, 1.82) is 0 Å². The van der Waals surface area contributed by atoms with Gasteiger partial charge >= 0.3 is 0 Å². The molecule has 0 atom stereocenters. The van der Waals surface area contributed by atoms with E-state index in [9.17, 15) is 14.9 Å². The first kappa shape index (κ1) is 16.2. The number of nitrogens with zero attached hydrogens (tertiary/aromatic N) is 2. The summed E-state index contributed by atoms with van der Waals surface area (Å²) < 4.78 is 0. The first-order valence-electron chi connectivity index (χ1n) is 4.76. The van der Waals surface area contributed by atoms with Crippen LogP contribution in [-0.2, 0) is 37.5 Å². The van der Waals surface area contributed by atoms with E-state index in [0.717, 1.165) is 0 Å². The summed E-state index contributed by atoms with van der Waals surface area (Å²) in [5, 5.41) is 10.8. The molecule has 0 saturated heterocycles. The zero-order valence-electron chi connectivity index (χ0n) is 10.0. The molecule has 0 aliphatic rings. The third kappa shape index (κ3) is 3.58. The molecule has 5 nitrogen and oxygen atoms in total. The van der Waals surface area contributed by atoms with Gasteiger partial charge < -0.3 is 9.69 Å². The van der Waals surface area contributed by atoms with Crippen LogP contribution in [0.25, 0.3) is 0 Å². The molecule has 0 bridgehead atoms. The summed E-state index contributed by atoms with van der Waals surface area (Å²) >= 11 is 0. The smallest absolute Gasteiger partial charge is 0.292 e. The number of likely N-dealkylation sites (N-methyl/N-ethyl adjacent to an activating group) is 1. The normalized spacial score (nSPS) is 10.3. The second kappa shape index (κ2) is 6.21. The van der Waals surface area contributed by atoms with Crippen LogP contribution in [0.3, 0.4) is 0 Å². The van der Waals surface area contributed by atoms with Crippen LogP contribution >= 0.6 is 0 Å². The second-order valence-electron chi connectivity index (χ2n) is 3.97. The van der Waals surface area contributed by atoms with E-state index in [0.29, 0.717) is 5.69 Å². The number of nitro groups is 1. The van der Waals surface area contributed by atoms with Gasteiger partial charge in [-0.2, -0.15) is 0 Å². The largest absolute Gasteiger partial charge is 0.540 e. The maximum atomic E-state index is 10.8. The van der Waals surface area contributed by atoms with E-state index in [2.05, 4.69) is 0 Å². The fraction of sp³-hybridized carbons (Fsp3) is 0.364. The SMILES string of the molecule is CN(c1ccccc1[N+](=O)[O-])C(C)(C)[C-]=O.[Y]. The van der Waals surface area contributed by atoms with Gasteiger partial charge in [0.2, 0.25) is 0 Å². The predicted octanol–water partition coefficient (Wildman–Crippen LogP) is 1.92. The quantitative estimate of drug-likeness (QED) is 0.484. The van der Waals surface area contributed by atoms with Crippen molar-refractivity contribution in [3.05, 3.63) is 34.4 Å². The number of nitro benzene ring substituents is 1. The molecule has 1 rings (SSSR count).